The Morgan fingerprint density at radius 2 is 1.41 bits per heavy atom. The largest absolute Gasteiger partial charge is 0.369 e. The van der Waals surface area contributed by atoms with Gasteiger partial charge in [0.15, 0.2) is 0 Å². The number of hydrogen-bond acceptors (Lipinski definition) is 2. The summed E-state index contributed by atoms with van der Waals surface area (Å²) in [5, 5.41) is 0. The Kier molecular flexibility index (Phi) is 6.06. The molecule has 1 aliphatic rings. The van der Waals surface area contributed by atoms with Gasteiger partial charge in [-0.2, -0.15) is 0 Å². The fourth-order valence-electron chi connectivity index (χ4n) is 1.82. The Labute approximate surface area is 106 Å². The molecule has 0 aliphatic carbocycles. The molecule has 1 fully saturated rings. The molecule has 1 aromatic rings. The molecule has 0 radical (unpaired) electrons. The van der Waals surface area contributed by atoms with Crippen LogP contribution in [0.5, 0.6) is 0 Å². The van der Waals surface area contributed by atoms with E-state index in [0.29, 0.717) is 0 Å². The van der Waals surface area contributed by atoms with Crippen molar-refractivity contribution in [3.05, 3.63) is 29.8 Å². The van der Waals surface area contributed by atoms with E-state index in [1.807, 2.05) is 0 Å². The second-order valence-electron chi connectivity index (χ2n) is 4.83. The van der Waals surface area contributed by atoms with Gasteiger partial charge in [0.1, 0.15) is 0 Å². The minimum atomic E-state index is 1.15. The third-order valence-electron chi connectivity index (χ3n) is 2.90. The van der Waals surface area contributed by atoms with Crippen molar-refractivity contribution in [3.63, 3.8) is 0 Å². The summed E-state index contributed by atoms with van der Waals surface area (Å²) >= 11 is 0. The fraction of sp³-hybridized carbons (Fsp3) is 0.600. The summed E-state index contributed by atoms with van der Waals surface area (Å²) in [6.07, 6.45) is 1.25. The highest BCUT2D eigenvalue weighted by molar-refractivity contribution is 5.47. The Balaban J connectivity index is 0.000000437. The van der Waals surface area contributed by atoms with Gasteiger partial charge in [0, 0.05) is 31.9 Å². The van der Waals surface area contributed by atoms with E-state index in [1.54, 1.807) is 0 Å². The zero-order chi connectivity index (χ0) is 12.7. The molecule has 0 aromatic heterocycles. The van der Waals surface area contributed by atoms with Crippen molar-refractivity contribution in [2.24, 2.45) is 0 Å². The molecule has 0 spiro atoms. The topological polar surface area (TPSA) is 6.48 Å². The molecule has 17 heavy (non-hydrogen) atoms. The molecule has 2 heteroatoms. The van der Waals surface area contributed by atoms with Gasteiger partial charge in [0.25, 0.3) is 0 Å². The molecular weight excluding hydrogens is 208 g/mol. The van der Waals surface area contributed by atoms with Crippen LogP contribution < -0.4 is 4.90 Å². The summed E-state index contributed by atoms with van der Waals surface area (Å²) in [6, 6.07) is 8.82. The number of aryl methyl sites for hydroxylation is 1. The third-order valence-corrected chi connectivity index (χ3v) is 2.90. The highest BCUT2D eigenvalue weighted by Gasteiger charge is 2.13. The van der Waals surface area contributed by atoms with Crippen LogP contribution in [0.4, 0.5) is 5.69 Å². The highest BCUT2D eigenvalue weighted by Crippen LogP contribution is 2.16. The molecule has 1 saturated heterocycles. The standard InChI is InChI=1S/C12H18N2.C3H8/c1-11-3-5-12(6-4-11)14-9-7-13(2)8-10-14;1-3-2/h3-6H,7-10H2,1-2H3;3H2,1-2H3. The van der Waals surface area contributed by atoms with Crippen molar-refractivity contribution >= 4 is 5.69 Å². The fourth-order valence-corrected chi connectivity index (χ4v) is 1.82. The molecule has 2 nitrogen and oxygen atoms in total. The summed E-state index contributed by atoms with van der Waals surface area (Å²) < 4.78 is 0. The minimum Gasteiger partial charge on any atom is -0.369 e. The summed E-state index contributed by atoms with van der Waals surface area (Å²) in [7, 11) is 2.19. The van der Waals surface area contributed by atoms with Gasteiger partial charge >= 0.3 is 0 Å². The van der Waals surface area contributed by atoms with E-state index in [9.17, 15) is 0 Å². The number of nitrogens with zero attached hydrogens (tertiary/aromatic N) is 2. The Bertz CT molecular complexity index is 297. The third kappa shape index (κ3) is 4.78. The van der Waals surface area contributed by atoms with Crippen molar-refractivity contribution in [3.8, 4) is 0 Å². The van der Waals surface area contributed by atoms with E-state index in [4.69, 9.17) is 0 Å². The van der Waals surface area contributed by atoms with E-state index in [0.717, 1.165) is 13.1 Å². The lowest BCUT2D eigenvalue weighted by Crippen LogP contribution is -2.44. The van der Waals surface area contributed by atoms with Gasteiger partial charge in [-0.15, -0.1) is 0 Å². The van der Waals surface area contributed by atoms with Crippen LogP contribution in [0.1, 0.15) is 25.8 Å². The number of piperazine rings is 1. The maximum absolute atomic E-state index is 2.46. The molecule has 0 atom stereocenters. The van der Waals surface area contributed by atoms with Gasteiger partial charge in [-0.05, 0) is 26.1 Å². The predicted octanol–water partition coefficient (Wildman–Crippen LogP) is 3.16. The van der Waals surface area contributed by atoms with Crippen molar-refractivity contribution in [2.75, 3.05) is 38.1 Å². The average Bonchev–Trinajstić information content (AvgIpc) is 2.32. The normalized spacial score (nSPS) is 16.4. The molecule has 1 heterocycles. The molecule has 0 unspecified atom stereocenters. The lowest BCUT2D eigenvalue weighted by Gasteiger charge is -2.34. The molecule has 0 bridgehead atoms. The zero-order valence-corrected chi connectivity index (χ0v) is 11.7. The first kappa shape index (κ1) is 14.0. The molecule has 1 aromatic carbocycles. The van der Waals surface area contributed by atoms with Crippen LogP contribution in [0, 0.1) is 6.92 Å². The summed E-state index contributed by atoms with van der Waals surface area (Å²) in [4.78, 5) is 4.84. The van der Waals surface area contributed by atoms with Crippen molar-refractivity contribution in [1.29, 1.82) is 0 Å². The van der Waals surface area contributed by atoms with E-state index >= 15 is 0 Å². The monoisotopic (exact) mass is 234 g/mol. The summed E-state index contributed by atoms with van der Waals surface area (Å²) in [6.45, 7) is 11.0. The van der Waals surface area contributed by atoms with Gasteiger partial charge in [0.2, 0.25) is 0 Å². The number of rotatable bonds is 1. The minimum absolute atomic E-state index is 1.15. The smallest absolute Gasteiger partial charge is 0.0367 e. The lowest BCUT2D eigenvalue weighted by molar-refractivity contribution is 0.313. The van der Waals surface area contributed by atoms with Gasteiger partial charge in [0.05, 0.1) is 0 Å². The SMILES string of the molecule is CCC.Cc1ccc(N2CCN(C)CC2)cc1. The predicted molar refractivity (Wildman–Crippen MR) is 76.9 cm³/mol. The van der Waals surface area contributed by atoms with E-state index in [2.05, 4.69) is 61.9 Å². The Morgan fingerprint density at radius 3 is 1.88 bits per heavy atom. The number of anilines is 1. The van der Waals surface area contributed by atoms with Crippen molar-refractivity contribution < 1.29 is 0 Å². The maximum atomic E-state index is 2.46. The first-order chi connectivity index (χ1) is 8.17. The second-order valence-corrected chi connectivity index (χ2v) is 4.83. The molecule has 1 aliphatic heterocycles. The lowest BCUT2D eigenvalue weighted by atomic mass is 10.2. The number of benzene rings is 1. The molecule has 0 amide bonds. The van der Waals surface area contributed by atoms with Gasteiger partial charge in [-0.1, -0.05) is 38.0 Å². The highest BCUT2D eigenvalue weighted by atomic mass is 15.2. The Morgan fingerprint density at radius 1 is 0.941 bits per heavy atom. The number of hydrogen-bond donors (Lipinski definition) is 0. The van der Waals surface area contributed by atoms with Crippen molar-refractivity contribution in [1.82, 2.24) is 4.90 Å². The average molecular weight is 234 g/mol. The van der Waals surface area contributed by atoms with E-state index < -0.39 is 0 Å². The molecular formula is C15H26N2. The van der Waals surface area contributed by atoms with Crippen LogP contribution >= 0.6 is 0 Å². The van der Waals surface area contributed by atoms with Gasteiger partial charge in [-0.3, -0.25) is 0 Å². The first-order valence-corrected chi connectivity index (χ1v) is 6.67. The molecule has 0 N–H and O–H groups in total. The number of likely N-dealkylation sites (N-methyl/N-ethyl adjacent to an activating group) is 1. The Hall–Kier alpha value is -1.02. The summed E-state index contributed by atoms with van der Waals surface area (Å²) in [5.74, 6) is 0. The van der Waals surface area contributed by atoms with E-state index in [-0.39, 0.29) is 0 Å². The van der Waals surface area contributed by atoms with Gasteiger partial charge in [-0.25, -0.2) is 0 Å². The quantitative estimate of drug-likeness (QED) is 0.736. The van der Waals surface area contributed by atoms with E-state index in [1.165, 1.54) is 30.8 Å². The molecule has 2 rings (SSSR count). The zero-order valence-electron chi connectivity index (χ0n) is 11.7. The van der Waals surface area contributed by atoms with Crippen LogP contribution in [0.3, 0.4) is 0 Å². The van der Waals surface area contributed by atoms with Crippen LogP contribution in [0.25, 0.3) is 0 Å². The summed E-state index contributed by atoms with van der Waals surface area (Å²) in [5.41, 5.74) is 2.70. The van der Waals surface area contributed by atoms with Crippen LogP contribution in [-0.2, 0) is 0 Å². The second kappa shape index (κ2) is 7.33. The van der Waals surface area contributed by atoms with Crippen LogP contribution in [0.2, 0.25) is 0 Å². The van der Waals surface area contributed by atoms with Crippen molar-refractivity contribution in [2.45, 2.75) is 27.2 Å². The maximum Gasteiger partial charge on any atom is 0.0367 e. The van der Waals surface area contributed by atoms with Gasteiger partial charge < -0.3 is 9.80 Å². The first-order valence-electron chi connectivity index (χ1n) is 6.67. The van der Waals surface area contributed by atoms with Crippen LogP contribution in [0.15, 0.2) is 24.3 Å². The molecule has 0 saturated carbocycles. The van der Waals surface area contributed by atoms with Crippen LogP contribution in [-0.4, -0.2) is 38.1 Å². The molecule has 96 valence electrons.